The average molecular weight is 236 g/mol. The van der Waals surface area contributed by atoms with Gasteiger partial charge < -0.3 is 5.73 Å². The number of hydrogen-bond donors (Lipinski definition) is 1. The van der Waals surface area contributed by atoms with Crippen molar-refractivity contribution in [1.29, 1.82) is 0 Å². The van der Waals surface area contributed by atoms with E-state index < -0.39 is 17.2 Å². The largest absolute Gasteiger partial charge is 0.398 e. The molecule has 5 heteroatoms. The molecule has 0 aliphatic carbocycles. The Hall–Kier alpha value is -0.970. The Morgan fingerprint density at radius 1 is 1.50 bits per heavy atom. The van der Waals surface area contributed by atoms with Gasteiger partial charge in [0.2, 0.25) is 0 Å². The molecule has 0 radical (unpaired) electrons. The molecule has 0 saturated heterocycles. The van der Waals surface area contributed by atoms with Crippen LogP contribution >= 0.6 is 15.9 Å². The smallest absolute Gasteiger partial charge is 0.170 e. The number of halogens is 3. The third kappa shape index (κ3) is 1.32. The minimum absolute atomic E-state index is 0.00370. The lowest BCUT2D eigenvalue weighted by atomic mass is 10.2. The summed E-state index contributed by atoms with van der Waals surface area (Å²) in [5.41, 5.74) is 4.85. The SMILES string of the molecule is Nc1cc(F)c(F)c(C=O)c1Br. The summed E-state index contributed by atoms with van der Waals surface area (Å²) in [7, 11) is 0. The molecule has 0 heterocycles. The lowest BCUT2D eigenvalue weighted by Gasteiger charge is -2.02. The van der Waals surface area contributed by atoms with Gasteiger partial charge in [-0.15, -0.1) is 0 Å². The Balaban J connectivity index is 3.52. The van der Waals surface area contributed by atoms with Gasteiger partial charge in [-0.2, -0.15) is 0 Å². The quantitative estimate of drug-likeness (QED) is 0.461. The Kier molecular flexibility index (Phi) is 2.42. The van der Waals surface area contributed by atoms with Crippen LogP contribution in [-0.4, -0.2) is 6.29 Å². The molecule has 0 bridgehead atoms. The highest BCUT2D eigenvalue weighted by molar-refractivity contribution is 9.10. The van der Waals surface area contributed by atoms with Crippen LogP contribution in [0.1, 0.15) is 10.4 Å². The number of carbonyl (C=O) groups excluding carboxylic acids is 1. The average Bonchev–Trinajstić information content (AvgIpc) is 2.02. The number of nitrogen functional groups attached to an aromatic ring is 1. The van der Waals surface area contributed by atoms with Gasteiger partial charge in [-0.3, -0.25) is 4.79 Å². The van der Waals surface area contributed by atoms with E-state index in [2.05, 4.69) is 15.9 Å². The van der Waals surface area contributed by atoms with Gasteiger partial charge in [0.15, 0.2) is 17.9 Å². The number of hydrogen-bond acceptors (Lipinski definition) is 2. The van der Waals surface area contributed by atoms with Gasteiger partial charge in [0.1, 0.15) is 0 Å². The summed E-state index contributed by atoms with van der Waals surface area (Å²) in [6, 6.07) is 0.812. The molecule has 0 aliphatic heterocycles. The van der Waals surface area contributed by atoms with E-state index in [-0.39, 0.29) is 16.4 Å². The van der Waals surface area contributed by atoms with Gasteiger partial charge in [-0.25, -0.2) is 8.78 Å². The molecule has 64 valence electrons. The molecule has 2 N–H and O–H groups in total. The predicted octanol–water partition coefficient (Wildman–Crippen LogP) is 2.12. The summed E-state index contributed by atoms with van der Waals surface area (Å²) in [4.78, 5) is 10.3. The van der Waals surface area contributed by atoms with Gasteiger partial charge in [0.05, 0.1) is 10.0 Å². The minimum Gasteiger partial charge on any atom is -0.398 e. The van der Waals surface area contributed by atoms with Crippen molar-refractivity contribution in [2.45, 2.75) is 0 Å². The first-order valence-electron chi connectivity index (χ1n) is 2.96. The van der Waals surface area contributed by atoms with Crippen molar-refractivity contribution in [3.63, 3.8) is 0 Å². The van der Waals surface area contributed by atoms with E-state index in [4.69, 9.17) is 5.73 Å². The van der Waals surface area contributed by atoms with E-state index >= 15 is 0 Å². The third-order valence-corrected chi connectivity index (χ3v) is 2.22. The molecule has 1 rings (SSSR count). The summed E-state index contributed by atoms with van der Waals surface area (Å²) < 4.78 is 25.4. The highest BCUT2D eigenvalue weighted by Crippen LogP contribution is 2.26. The van der Waals surface area contributed by atoms with Gasteiger partial charge in [-0.05, 0) is 15.9 Å². The second kappa shape index (κ2) is 3.18. The van der Waals surface area contributed by atoms with Crippen LogP contribution in [0.2, 0.25) is 0 Å². The first kappa shape index (κ1) is 9.12. The van der Waals surface area contributed by atoms with Crippen molar-refractivity contribution in [1.82, 2.24) is 0 Å². The van der Waals surface area contributed by atoms with Gasteiger partial charge >= 0.3 is 0 Å². The fourth-order valence-electron chi connectivity index (χ4n) is 0.747. The molecule has 0 saturated carbocycles. The van der Waals surface area contributed by atoms with Crippen LogP contribution in [0.5, 0.6) is 0 Å². The van der Waals surface area contributed by atoms with Crippen molar-refractivity contribution >= 4 is 27.9 Å². The van der Waals surface area contributed by atoms with Gasteiger partial charge in [0, 0.05) is 11.8 Å². The molecule has 1 aromatic carbocycles. The standard InChI is InChI=1S/C7H4BrF2NO/c8-6-3(2-12)7(10)4(9)1-5(6)11/h1-2H,11H2. The molecular weight excluding hydrogens is 232 g/mol. The van der Waals surface area contributed by atoms with Gasteiger partial charge in [0.25, 0.3) is 0 Å². The fourth-order valence-corrected chi connectivity index (χ4v) is 1.13. The molecule has 0 amide bonds. The number of rotatable bonds is 1. The molecule has 0 aromatic heterocycles. The van der Waals surface area contributed by atoms with E-state index in [0.29, 0.717) is 0 Å². The summed E-state index contributed by atoms with van der Waals surface area (Å²) in [5.74, 6) is -2.32. The van der Waals surface area contributed by atoms with E-state index in [1.165, 1.54) is 0 Å². The predicted molar refractivity (Wildman–Crippen MR) is 43.9 cm³/mol. The van der Waals surface area contributed by atoms with E-state index in [1.54, 1.807) is 0 Å². The molecule has 0 atom stereocenters. The zero-order valence-corrected chi connectivity index (χ0v) is 7.36. The number of aldehydes is 1. The Morgan fingerprint density at radius 3 is 2.58 bits per heavy atom. The van der Waals surface area contributed by atoms with Crippen LogP contribution in [-0.2, 0) is 0 Å². The summed E-state index contributed by atoms with van der Waals surface area (Å²) >= 11 is 2.86. The number of nitrogens with two attached hydrogens (primary N) is 1. The molecule has 0 unspecified atom stereocenters. The minimum atomic E-state index is -1.19. The first-order chi connectivity index (χ1) is 5.57. The lowest BCUT2D eigenvalue weighted by Crippen LogP contribution is -1.99. The molecule has 0 spiro atoms. The van der Waals surface area contributed by atoms with E-state index in [9.17, 15) is 13.6 Å². The maximum Gasteiger partial charge on any atom is 0.170 e. The zero-order chi connectivity index (χ0) is 9.30. The monoisotopic (exact) mass is 235 g/mol. The highest BCUT2D eigenvalue weighted by Gasteiger charge is 2.14. The van der Waals surface area contributed by atoms with Crippen LogP contribution < -0.4 is 5.73 Å². The zero-order valence-electron chi connectivity index (χ0n) is 5.77. The molecule has 12 heavy (non-hydrogen) atoms. The van der Waals surface area contributed by atoms with Crippen LogP contribution in [0, 0.1) is 11.6 Å². The molecular formula is C7H4BrF2NO. The van der Waals surface area contributed by atoms with E-state index in [1.807, 2.05) is 0 Å². The van der Waals surface area contributed by atoms with Gasteiger partial charge in [-0.1, -0.05) is 0 Å². The summed E-state index contributed by atoms with van der Waals surface area (Å²) in [5, 5.41) is 0. The molecule has 0 aliphatic rings. The van der Waals surface area contributed by atoms with E-state index in [0.717, 1.165) is 6.07 Å². The van der Waals surface area contributed by atoms with Crippen molar-refractivity contribution < 1.29 is 13.6 Å². The molecule has 0 fully saturated rings. The summed E-state index contributed by atoms with van der Waals surface area (Å²) in [6.45, 7) is 0. The van der Waals surface area contributed by atoms with Crippen molar-refractivity contribution in [2.24, 2.45) is 0 Å². The van der Waals surface area contributed by atoms with Crippen LogP contribution in [0.3, 0.4) is 0 Å². The Bertz CT molecular complexity index is 314. The Morgan fingerprint density at radius 2 is 2.08 bits per heavy atom. The maximum atomic E-state index is 12.8. The summed E-state index contributed by atoms with van der Waals surface area (Å²) in [6.07, 6.45) is 0.207. The number of benzene rings is 1. The normalized spacial score (nSPS) is 9.92. The van der Waals surface area contributed by atoms with Crippen LogP contribution in [0.15, 0.2) is 10.5 Å². The number of anilines is 1. The van der Waals surface area contributed by atoms with Crippen molar-refractivity contribution in [2.75, 3.05) is 5.73 Å². The fraction of sp³-hybridized carbons (Fsp3) is 0. The van der Waals surface area contributed by atoms with Crippen LogP contribution in [0.25, 0.3) is 0 Å². The second-order valence-corrected chi connectivity index (χ2v) is 2.90. The van der Waals surface area contributed by atoms with Crippen molar-refractivity contribution in [3.8, 4) is 0 Å². The molecule has 1 aromatic rings. The van der Waals surface area contributed by atoms with Crippen LogP contribution in [0.4, 0.5) is 14.5 Å². The highest BCUT2D eigenvalue weighted by atomic mass is 79.9. The third-order valence-electron chi connectivity index (χ3n) is 1.34. The number of carbonyl (C=O) groups is 1. The lowest BCUT2D eigenvalue weighted by molar-refractivity contribution is 0.111. The second-order valence-electron chi connectivity index (χ2n) is 2.11. The maximum absolute atomic E-state index is 12.8. The first-order valence-corrected chi connectivity index (χ1v) is 3.75. The van der Waals surface area contributed by atoms with Crippen molar-refractivity contribution in [3.05, 3.63) is 27.7 Å². The Labute approximate surface area is 75.5 Å². The topological polar surface area (TPSA) is 43.1 Å². The molecule has 2 nitrogen and oxygen atoms in total.